The van der Waals surface area contributed by atoms with Crippen LogP contribution in [-0.2, 0) is 20.4 Å². The number of aromatic hydroxyl groups is 1. The highest BCUT2D eigenvalue weighted by Gasteiger charge is 2.35. The number of carbonyl (C=O) groups is 1. The van der Waals surface area contributed by atoms with Gasteiger partial charge in [0.2, 0.25) is 0 Å². The quantitative estimate of drug-likeness (QED) is 0.513. The van der Waals surface area contributed by atoms with E-state index in [2.05, 4.69) is 41.5 Å². The Bertz CT molecular complexity index is 821. The molecular formula is C23H31NO3S2. The molecule has 0 saturated carbocycles. The number of rotatable bonds is 3. The summed E-state index contributed by atoms with van der Waals surface area (Å²) in [5, 5.41) is 10.9. The van der Waals surface area contributed by atoms with E-state index in [1.807, 2.05) is 18.2 Å². The molecule has 2 heterocycles. The van der Waals surface area contributed by atoms with Crippen molar-refractivity contribution in [2.45, 2.75) is 71.3 Å². The molecule has 0 spiro atoms. The second kappa shape index (κ2) is 8.05. The van der Waals surface area contributed by atoms with Crippen LogP contribution in [0.3, 0.4) is 0 Å². The Balaban J connectivity index is 1.97. The minimum atomic E-state index is -0.216. The number of phenols is 1. The molecule has 2 fully saturated rings. The second-order valence-corrected chi connectivity index (χ2v) is 11.6. The average Bonchev–Trinajstić information content (AvgIpc) is 3.18. The molecule has 1 unspecified atom stereocenters. The number of hydrogen-bond acceptors (Lipinski definition) is 5. The molecule has 2 saturated heterocycles. The van der Waals surface area contributed by atoms with Crippen LogP contribution in [0.2, 0.25) is 0 Å². The molecule has 1 atom stereocenters. The third-order valence-corrected chi connectivity index (χ3v) is 6.71. The molecule has 29 heavy (non-hydrogen) atoms. The standard InChI is InChI=1S/C23H31NO3S2/c1-22(2,3)16-10-14(11-17(19(16)25)23(4,5)6)12-18-20(26)24(21(28)29-18)13-15-8-7-9-27-15/h10-12,15,25H,7-9,13H2,1-6H3/b18-12-. The fourth-order valence-electron chi connectivity index (χ4n) is 3.68. The van der Waals surface area contributed by atoms with E-state index in [4.69, 9.17) is 17.0 Å². The van der Waals surface area contributed by atoms with Gasteiger partial charge < -0.3 is 9.84 Å². The number of hydrogen-bond donors (Lipinski definition) is 1. The number of benzene rings is 1. The highest BCUT2D eigenvalue weighted by atomic mass is 32.2. The van der Waals surface area contributed by atoms with Gasteiger partial charge in [-0.25, -0.2) is 0 Å². The molecule has 1 aromatic rings. The zero-order chi connectivity index (χ0) is 21.6. The van der Waals surface area contributed by atoms with E-state index in [-0.39, 0.29) is 22.8 Å². The predicted octanol–water partition coefficient (Wildman–Crippen LogP) is 5.37. The zero-order valence-electron chi connectivity index (χ0n) is 18.2. The van der Waals surface area contributed by atoms with E-state index in [0.717, 1.165) is 36.1 Å². The van der Waals surface area contributed by atoms with Crippen LogP contribution in [0, 0.1) is 0 Å². The first-order valence-electron chi connectivity index (χ1n) is 10.1. The molecule has 1 amide bonds. The van der Waals surface area contributed by atoms with Crippen molar-refractivity contribution in [2.24, 2.45) is 0 Å². The number of thiocarbonyl (C=S) groups is 1. The molecule has 158 valence electrons. The third-order valence-electron chi connectivity index (χ3n) is 5.33. The molecular weight excluding hydrogens is 402 g/mol. The van der Waals surface area contributed by atoms with Crippen LogP contribution in [-0.4, -0.2) is 39.5 Å². The topological polar surface area (TPSA) is 49.8 Å². The van der Waals surface area contributed by atoms with E-state index >= 15 is 0 Å². The molecule has 0 radical (unpaired) electrons. The molecule has 2 aliphatic heterocycles. The number of thioether (sulfide) groups is 1. The van der Waals surface area contributed by atoms with Crippen molar-refractivity contribution in [1.82, 2.24) is 4.90 Å². The van der Waals surface area contributed by atoms with Gasteiger partial charge in [0.1, 0.15) is 10.1 Å². The molecule has 0 aromatic heterocycles. The van der Waals surface area contributed by atoms with Gasteiger partial charge >= 0.3 is 0 Å². The maximum Gasteiger partial charge on any atom is 0.266 e. The van der Waals surface area contributed by atoms with Gasteiger partial charge in [-0.05, 0) is 47.4 Å². The fraction of sp³-hybridized carbons (Fsp3) is 0.565. The van der Waals surface area contributed by atoms with Crippen molar-refractivity contribution in [2.75, 3.05) is 13.2 Å². The summed E-state index contributed by atoms with van der Waals surface area (Å²) in [4.78, 5) is 15.3. The largest absolute Gasteiger partial charge is 0.507 e. The Kier molecular flexibility index (Phi) is 6.19. The first-order chi connectivity index (χ1) is 13.4. The summed E-state index contributed by atoms with van der Waals surface area (Å²) in [6, 6.07) is 3.97. The molecule has 4 nitrogen and oxygen atoms in total. The lowest BCUT2D eigenvalue weighted by Gasteiger charge is -2.28. The van der Waals surface area contributed by atoms with Gasteiger partial charge in [-0.3, -0.25) is 9.69 Å². The van der Waals surface area contributed by atoms with Gasteiger partial charge in [0.15, 0.2) is 0 Å². The minimum absolute atomic E-state index is 0.0572. The predicted molar refractivity (Wildman–Crippen MR) is 124 cm³/mol. The van der Waals surface area contributed by atoms with Gasteiger partial charge in [-0.15, -0.1) is 0 Å². The van der Waals surface area contributed by atoms with Crippen molar-refractivity contribution in [3.63, 3.8) is 0 Å². The van der Waals surface area contributed by atoms with E-state index in [1.54, 1.807) is 4.90 Å². The summed E-state index contributed by atoms with van der Waals surface area (Å²) < 4.78 is 6.26. The summed E-state index contributed by atoms with van der Waals surface area (Å²) in [6.45, 7) is 13.8. The SMILES string of the molecule is CC(C)(C)c1cc(/C=C2\SC(=S)N(CC3CCCO3)C2=O)cc(C(C)(C)C)c1O. The Morgan fingerprint density at radius 1 is 1.21 bits per heavy atom. The maximum absolute atomic E-state index is 13.0. The van der Waals surface area contributed by atoms with Crippen LogP contribution >= 0.6 is 24.0 Å². The van der Waals surface area contributed by atoms with Crippen molar-refractivity contribution in [3.8, 4) is 5.75 Å². The molecule has 0 bridgehead atoms. The van der Waals surface area contributed by atoms with E-state index in [0.29, 0.717) is 21.5 Å². The van der Waals surface area contributed by atoms with Gasteiger partial charge in [0.25, 0.3) is 5.91 Å². The highest BCUT2D eigenvalue weighted by molar-refractivity contribution is 8.26. The second-order valence-electron chi connectivity index (χ2n) is 9.89. The summed E-state index contributed by atoms with van der Waals surface area (Å²) in [5.41, 5.74) is 2.24. The van der Waals surface area contributed by atoms with Crippen LogP contribution in [0.25, 0.3) is 6.08 Å². The van der Waals surface area contributed by atoms with Gasteiger partial charge in [0.05, 0.1) is 17.6 Å². The lowest BCUT2D eigenvalue weighted by atomic mass is 9.78. The smallest absolute Gasteiger partial charge is 0.266 e. The van der Waals surface area contributed by atoms with Crippen LogP contribution in [0.15, 0.2) is 17.0 Å². The summed E-state index contributed by atoms with van der Waals surface area (Å²) in [6.07, 6.45) is 3.98. The number of amides is 1. The van der Waals surface area contributed by atoms with E-state index in [9.17, 15) is 9.90 Å². The Hall–Kier alpha value is -1.37. The van der Waals surface area contributed by atoms with Crippen molar-refractivity contribution < 1.29 is 14.6 Å². The molecule has 6 heteroatoms. The summed E-state index contributed by atoms with van der Waals surface area (Å²) in [7, 11) is 0. The Labute approximate surface area is 183 Å². The van der Waals surface area contributed by atoms with E-state index < -0.39 is 0 Å². The minimum Gasteiger partial charge on any atom is -0.507 e. The van der Waals surface area contributed by atoms with Crippen molar-refractivity contribution >= 4 is 40.3 Å². The molecule has 0 aliphatic carbocycles. The van der Waals surface area contributed by atoms with E-state index in [1.165, 1.54) is 11.8 Å². The van der Waals surface area contributed by atoms with Crippen LogP contribution in [0.4, 0.5) is 0 Å². The number of ether oxygens (including phenoxy) is 1. The van der Waals surface area contributed by atoms with Gasteiger partial charge in [0, 0.05) is 17.7 Å². The first-order valence-corrected chi connectivity index (χ1v) is 11.4. The lowest BCUT2D eigenvalue weighted by Crippen LogP contribution is -2.35. The number of carbonyl (C=O) groups excluding carboxylic acids is 1. The highest BCUT2D eigenvalue weighted by Crippen LogP contribution is 2.41. The molecule has 1 aromatic carbocycles. The normalized spacial score (nSPS) is 22.2. The number of phenolic OH excluding ortho intramolecular Hbond substituents is 1. The van der Waals surface area contributed by atoms with Gasteiger partial charge in [-0.1, -0.05) is 65.5 Å². The monoisotopic (exact) mass is 433 g/mol. The van der Waals surface area contributed by atoms with Crippen molar-refractivity contribution in [1.29, 1.82) is 0 Å². The third kappa shape index (κ3) is 4.86. The maximum atomic E-state index is 13.0. The molecule has 1 N–H and O–H groups in total. The molecule has 3 rings (SSSR count). The Morgan fingerprint density at radius 3 is 2.28 bits per heavy atom. The Morgan fingerprint density at radius 2 is 1.79 bits per heavy atom. The average molecular weight is 434 g/mol. The van der Waals surface area contributed by atoms with Crippen molar-refractivity contribution in [3.05, 3.63) is 33.7 Å². The van der Waals surface area contributed by atoms with Crippen LogP contribution in [0.5, 0.6) is 5.75 Å². The number of nitrogens with zero attached hydrogens (tertiary/aromatic N) is 1. The first kappa shape index (κ1) is 22.3. The van der Waals surface area contributed by atoms with Crippen LogP contribution < -0.4 is 0 Å². The summed E-state index contributed by atoms with van der Waals surface area (Å²) >= 11 is 6.81. The summed E-state index contributed by atoms with van der Waals surface area (Å²) in [5.74, 6) is 0.284. The fourth-order valence-corrected chi connectivity index (χ4v) is 4.96. The lowest BCUT2D eigenvalue weighted by molar-refractivity contribution is -0.123. The molecule has 2 aliphatic rings. The zero-order valence-corrected chi connectivity index (χ0v) is 19.8. The van der Waals surface area contributed by atoms with Gasteiger partial charge in [-0.2, -0.15) is 0 Å². The van der Waals surface area contributed by atoms with Crippen LogP contribution in [0.1, 0.15) is 71.1 Å².